The lowest BCUT2D eigenvalue weighted by atomic mass is 10.2. The van der Waals surface area contributed by atoms with Gasteiger partial charge in [-0.3, -0.25) is 4.99 Å². The van der Waals surface area contributed by atoms with Crippen molar-refractivity contribution in [1.82, 2.24) is 15.5 Å². The zero-order valence-electron chi connectivity index (χ0n) is 13.3. The molecule has 0 saturated carbocycles. The summed E-state index contributed by atoms with van der Waals surface area (Å²) in [4.78, 5) is 6.53. The van der Waals surface area contributed by atoms with Crippen LogP contribution in [0.15, 0.2) is 29.3 Å². The maximum absolute atomic E-state index is 13.5. The van der Waals surface area contributed by atoms with Gasteiger partial charge in [0.15, 0.2) is 5.96 Å². The molecule has 0 aromatic heterocycles. The number of guanidine groups is 1. The minimum Gasteiger partial charge on any atom is -0.356 e. The summed E-state index contributed by atoms with van der Waals surface area (Å²) in [5.41, 5.74) is 0.642. The lowest BCUT2D eigenvalue weighted by molar-refractivity contribution is 0.300. The summed E-state index contributed by atoms with van der Waals surface area (Å²) < 4.78 is 13.5. The van der Waals surface area contributed by atoms with E-state index in [2.05, 4.69) is 34.4 Å². The van der Waals surface area contributed by atoms with Gasteiger partial charge >= 0.3 is 0 Å². The van der Waals surface area contributed by atoms with E-state index in [0.717, 1.165) is 32.6 Å². The quantitative estimate of drug-likeness (QED) is 0.439. The van der Waals surface area contributed by atoms with Crippen LogP contribution >= 0.6 is 0 Å². The summed E-state index contributed by atoms with van der Waals surface area (Å²) in [7, 11) is 1.72. The van der Waals surface area contributed by atoms with Gasteiger partial charge in [-0.05, 0) is 32.1 Å². The molecular weight excluding hydrogens is 267 g/mol. The molecule has 4 nitrogen and oxygen atoms in total. The number of nitrogens with zero attached hydrogens (tertiary/aromatic N) is 2. The van der Waals surface area contributed by atoms with E-state index in [1.807, 2.05) is 6.07 Å². The molecule has 0 fully saturated rings. The van der Waals surface area contributed by atoms with Crippen LogP contribution in [-0.2, 0) is 6.54 Å². The second kappa shape index (κ2) is 10.2. The molecule has 0 amide bonds. The first kappa shape index (κ1) is 17.4. The first-order valence-corrected chi connectivity index (χ1v) is 7.61. The van der Waals surface area contributed by atoms with Crippen molar-refractivity contribution in [3.63, 3.8) is 0 Å². The van der Waals surface area contributed by atoms with Gasteiger partial charge in [0.1, 0.15) is 5.82 Å². The van der Waals surface area contributed by atoms with Gasteiger partial charge in [-0.1, -0.05) is 32.0 Å². The number of aliphatic imine (C=N–C) groups is 1. The molecule has 2 N–H and O–H groups in total. The van der Waals surface area contributed by atoms with Gasteiger partial charge < -0.3 is 15.5 Å². The zero-order chi connectivity index (χ0) is 15.5. The summed E-state index contributed by atoms with van der Waals surface area (Å²) >= 11 is 0. The van der Waals surface area contributed by atoms with Crippen molar-refractivity contribution in [2.24, 2.45) is 4.99 Å². The molecule has 5 heteroatoms. The van der Waals surface area contributed by atoms with Gasteiger partial charge in [0.25, 0.3) is 0 Å². The molecule has 118 valence electrons. The van der Waals surface area contributed by atoms with Gasteiger partial charge in [0.05, 0.1) is 0 Å². The van der Waals surface area contributed by atoms with E-state index in [4.69, 9.17) is 0 Å². The fraction of sp³-hybridized carbons (Fsp3) is 0.562. The second-order valence-corrected chi connectivity index (χ2v) is 4.82. The summed E-state index contributed by atoms with van der Waals surface area (Å²) in [6, 6.07) is 6.77. The number of rotatable bonds is 8. The monoisotopic (exact) mass is 294 g/mol. The lowest BCUT2D eigenvalue weighted by Gasteiger charge is -2.18. The molecule has 0 atom stereocenters. The molecule has 0 heterocycles. The highest BCUT2D eigenvalue weighted by Gasteiger charge is 2.03. The topological polar surface area (TPSA) is 39.7 Å². The first-order valence-electron chi connectivity index (χ1n) is 7.61. The van der Waals surface area contributed by atoms with E-state index >= 15 is 0 Å². The Morgan fingerprint density at radius 2 is 1.90 bits per heavy atom. The maximum Gasteiger partial charge on any atom is 0.191 e. The molecule has 0 aliphatic rings. The Balaban J connectivity index is 2.28. The number of hydrogen-bond donors (Lipinski definition) is 2. The maximum atomic E-state index is 13.5. The van der Waals surface area contributed by atoms with Gasteiger partial charge in [-0.15, -0.1) is 0 Å². The van der Waals surface area contributed by atoms with E-state index in [9.17, 15) is 4.39 Å². The highest BCUT2D eigenvalue weighted by Crippen LogP contribution is 2.05. The SMILES string of the molecule is CCN(CC)CCCNC(=NC)NCc1ccccc1F. The van der Waals surface area contributed by atoms with E-state index in [1.54, 1.807) is 19.2 Å². The Morgan fingerprint density at radius 3 is 2.52 bits per heavy atom. The van der Waals surface area contributed by atoms with Crippen LogP contribution in [0, 0.1) is 5.82 Å². The molecule has 21 heavy (non-hydrogen) atoms. The largest absolute Gasteiger partial charge is 0.356 e. The van der Waals surface area contributed by atoms with Crippen LogP contribution in [0.2, 0.25) is 0 Å². The van der Waals surface area contributed by atoms with Gasteiger partial charge in [0, 0.05) is 25.7 Å². The number of nitrogens with one attached hydrogen (secondary N) is 2. The summed E-state index contributed by atoms with van der Waals surface area (Å²) in [6.45, 7) is 8.87. The minimum absolute atomic E-state index is 0.193. The summed E-state index contributed by atoms with van der Waals surface area (Å²) in [6.07, 6.45) is 1.06. The van der Waals surface area contributed by atoms with Crippen LogP contribution in [0.4, 0.5) is 4.39 Å². The Morgan fingerprint density at radius 1 is 1.19 bits per heavy atom. The molecule has 1 aromatic rings. The van der Waals surface area contributed by atoms with Crippen molar-refractivity contribution >= 4 is 5.96 Å². The highest BCUT2D eigenvalue weighted by molar-refractivity contribution is 5.79. The van der Waals surface area contributed by atoms with Crippen LogP contribution < -0.4 is 10.6 Å². The zero-order valence-corrected chi connectivity index (χ0v) is 13.3. The number of hydrogen-bond acceptors (Lipinski definition) is 2. The van der Waals surface area contributed by atoms with Gasteiger partial charge in [0.2, 0.25) is 0 Å². The van der Waals surface area contributed by atoms with Crippen molar-refractivity contribution < 1.29 is 4.39 Å². The third-order valence-corrected chi connectivity index (χ3v) is 3.47. The predicted molar refractivity (Wildman–Crippen MR) is 87.0 cm³/mol. The summed E-state index contributed by atoms with van der Waals surface area (Å²) in [5.74, 6) is 0.514. The third kappa shape index (κ3) is 6.58. The lowest BCUT2D eigenvalue weighted by Crippen LogP contribution is -2.38. The van der Waals surface area contributed by atoms with Gasteiger partial charge in [-0.25, -0.2) is 4.39 Å². The van der Waals surface area contributed by atoms with E-state index in [0.29, 0.717) is 18.1 Å². The summed E-state index contributed by atoms with van der Waals surface area (Å²) in [5, 5.41) is 6.38. The molecule has 0 saturated heterocycles. The van der Waals surface area contributed by atoms with Crippen LogP contribution in [0.25, 0.3) is 0 Å². The van der Waals surface area contributed by atoms with Crippen LogP contribution in [-0.4, -0.2) is 44.1 Å². The second-order valence-electron chi connectivity index (χ2n) is 4.82. The van der Waals surface area contributed by atoms with Crippen LogP contribution in [0.1, 0.15) is 25.8 Å². The molecule has 1 aromatic carbocycles. The van der Waals surface area contributed by atoms with Gasteiger partial charge in [-0.2, -0.15) is 0 Å². The normalized spacial score (nSPS) is 11.8. The smallest absolute Gasteiger partial charge is 0.191 e. The molecular formula is C16H27FN4. The van der Waals surface area contributed by atoms with Crippen LogP contribution in [0.3, 0.4) is 0 Å². The average molecular weight is 294 g/mol. The standard InChI is InChI=1S/C16H27FN4/c1-4-21(5-2)12-8-11-19-16(18-3)20-13-14-9-6-7-10-15(14)17/h6-7,9-10H,4-5,8,11-13H2,1-3H3,(H2,18,19,20). The van der Waals surface area contributed by atoms with Crippen molar-refractivity contribution in [3.8, 4) is 0 Å². The number of halogens is 1. The molecule has 0 spiro atoms. The van der Waals surface area contributed by atoms with Crippen molar-refractivity contribution in [2.45, 2.75) is 26.8 Å². The van der Waals surface area contributed by atoms with E-state index in [-0.39, 0.29) is 5.82 Å². The third-order valence-electron chi connectivity index (χ3n) is 3.47. The molecule has 0 radical (unpaired) electrons. The Hall–Kier alpha value is -1.62. The predicted octanol–water partition coefficient (Wildman–Crippen LogP) is 2.22. The Kier molecular flexibility index (Phi) is 8.43. The van der Waals surface area contributed by atoms with Crippen molar-refractivity contribution in [1.29, 1.82) is 0 Å². The molecule has 1 rings (SSSR count). The Bertz CT molecular complexity index is 430. The number of benzene rings is 1. The Labute approximate surface area is 127 Å². The fourth-order valence-corrected chi connectivity index (χ4v) is 2.09. The minimum atomic E-state index is -0.193. The first-order chi connectivity index (χ1) is 10.2. The fourth-order valence-electron chi connectivity index (χ4n) is 2.09. The average Bonchev–Trinajstić information content (AvgIpc) is 2.52. The molecule has 0 aliphatic heterocycles. The molecule has 0 aliphatic carbocycles. The highest BCUT2D eigenvalue weighted by atomic mass is 19.1. The van der Waals surface area contributed by atoms with Crippen LogP contribution in [0.5, 0.6) is 0 Å². The molecule has 0 bridgehead atoms. The van der Waals surface area contributed by atoms with E-state index in [1.165, 1.54) is 6.07 Å². The molecule has 0 unspecified atom stereocenters. The van der Waals surface area contributed by atoms with Crippen molar-refractivity contribution in [3.05, 3.63) is 35.6 Å². The van der Waals surface area contributed by atoms with Crippen molar-refractivity contribution in [2.75, 3.05) is 33.2 Å². The van der Waals surface area contributed by atoms with E-state index < -0.39 is 0 Å².